The van der Waals surface area contributed by atoms with Crippen LogP contribution in [0.4, 0.5) is 0 Å². The molecular formula is C30H44O3. The number of ketones is 1. The zero-order chi connectivity index (χ0) is 23.2. The lowest BCUT2D eigenvalue weighted by molar-refractivity contribution is -0.161. The molecule has 182 valence electrons. The normalized spacial score (nSPS) is 42.5. The Hall–Kier alpha value is -1.38. The summed E-state index contributed by atoms with van der Waals surface area (Å²) in [6.45, 7) is 6.74. The zero-order valence-electron chi connectivity index (χ0n) is 21.1. The van der Waals surface area contributed by atoms with Crippen molar-refractivity contribution < 1.29 is 14.3 Å². The van der Waals surface area contributed by atoms with Crippen LogP contribution in [0.2, 0.25) is 0 Å². The summed E-state index contributed by atoms with van der Waals surface area (Å²) in [5, 5.41) is 0. The Morgan fingerprint density at radius 2 is 1.91 bits per heavy atom. The fraction of sp³-hybridized carbons (Fsp3) is 0.800. The minimum absolute atomic E-state index is 0.0203. The number of rotatable bonds is 5. The standard InChI is InChI=1S/C30H44O3/c1-4-5-6-20-7-9-21(10-8-20)29(32)33-28-14-13-26-24-12-11-22-18-27(31)19(2)17-25(22)23(24)15-16-30(26,28)3/h13,18-21,23-25,28H,4-12,14-17H2,1-3H3/t19?,20?,21?,23-,24+,25-,28-,30-/m0/s1. The molecule has 33 heavy (non-hydrogen) atoms. The molecule has 5 rings (SSSR count). The van der Waals surface area contributed by atoms with Gasteiger partial charge in [-0.1, -0.05) is 57.3 Å². The molecule has 6 atom stereocenters. The summed E-state index contributed by atoms with van der Waals surface area (Å²) in [6.07, 6.45) is 19.3. The van der Waals surface area contributed by atoms with E-state index in [1.165, 1.54) is 50.5 Å². The summed E-state index contributed by atoms with van der Waals surface area (Å²) in [5.41, 5.74) is 3.04. The van der Waals surface area contributed by atoms with Crippen molar-refractivity contribution in [2.24, 2.45) is 40.9 Å². The lowest BCUT2D eigenvalue weighted by Crippen LogP contribution is -2.46. The molecule has 3 fully saturated rings. The van der Waals surface area contributed by atoms with E-state index in [0.29, 0.717) is 23.5 Å². The van der Waals surface area contributed by atoms with Crippen LogP contribution in [0.1, 0.15) is 104 Å². The number of hydrogen-bond acceptors (Lipinski definition) is 3. The zero-order valence-corrected chi connectivity index (χ0v) is 21.1. The Balaban J connectivity index is 1.21. The van der Waals surface area contributed by atoms with Crippen molar-refractivity contribution in [3.05, 3.63) is 23.3 Å². The summed E-state index contributed by atoms with van der Waals surface area (Å²) >= 11 is 0. The first-order chi connectivity index (χ1) is 15.9. The summed E-state index contributed by atoms with van der Waals surface area (Å²) in [5.74, 6) is 3.42. The molecule has 5 aliphatic rings. The Labute approximate surface area is 200 Å². The van der Waals surface area contributed by atoms with Crippen LogP contribution in [0.3, 0.4) is 0 Å². The van der Waals surface area contributed by atoms with Gasteiger partial charge in [0.15, 0.2) is 5.78 Å². The number of carbonyl (C=O) groups is 2. The second kappa shape index (κ2) is 9.34. The van der Waals surface area contributed by atoms with E-state index < -0.39 is 0 Å². The van der Waals surface area contributed by atoms with E-state index in [4.69, 9.17) is 4.74 Å². The van der Waals surface area contributed by atoms with Crippen molar-refractivity contribution in [2.75, 3.05) is 0 Å². The highest BCUT2D eigenvalue weighted by Gasteiger charge is 2.54. The molecule has 3 heteroatoms. The third-order valence-corrected chi connectivity index (χ3v) is 10.4. The molecule has 3 saturated carbocycles. The summed E-state index contributed by atoms with van der Waals surface area (Å²) in [7, 11) is 0. The largest absolute Gasteiger partial charge is 0.461 e. The average Bonchev–Trinajstić information content (AvgIpc) is 3.15. The number of ether oxygens (including phenoxy) is 1. The highest BCUT2D eigenvalue weighted by Crippen LogP contribution is 2.60. The minimum Gasteiger partial charge on any atom is -0.461 e. The van der Waals surface area contributed by atoms with Gasteiger partial charge in [-0.2, -0.15) is 0 Å². The average molecular weight is 453 g/mol. The molecule has 0 aromatic carbocycles. The van der Waals surface area contributed by atoms with Gasteiger partial charge in [-0.3, -0.25) is 9.59 Å². The van der Waals surface area contributed by atoms with Gasteiger partial charge in [0.2, 0.25) is 0 Å². The molecule has 0 radical (unpaired) electrons. The molecule has 1 unspecified atom stereocenters. The Morgan fingerprint density at radius 3 is 2.67 bits per heavy atom. The van der Waals surface area contributed by atoms with Crippen LogP contribution < -0.4 is 0 Å². The highest BCUT2D eigenvalue weighted by atomic mass is 16.5. The van der Waals surface area contributed by atoms with Crippen LogP contribution >= 0.6 is 0 Å². The predicted molar refractivity (Wildman–Crippen MR) is 131 cm³/mol. The molecule has 0 aromatic heterocycles. The molecule has 3 nitrogen and oxygen atoms in total. The van der Waals surface area contributed by atoms with Crippen LogP contribution in [0.15, 0.2) is 23.3 Å². The fourth-order valence-corrected chi connectivity index (χ4v) is 8.25. The first-order valence-electron chi connectivity index (χ1n) is 14.1. The van der Waals surface area contributed by atoms with Crippen LogP contribution in [0, 0.1) is 40.9 Å². The number of hydrogen-bond donors (Lipinski definition) is 0. The molecule has 0 aliphatic heterocycles. The van der Waals surface area contributed by atoms with Crippen LogP contribution in [-0.2, 0) is 14.3 Å². The number of allylic oxidation sites excluding steroid dienone is 2. The molecule has 0 aromatic rings. The lowest BCUT2D eigenvalue weighted by atomic mass is 9.53. The van der Waals surface area contributed by atoms with Gasteiger partial charge in [0, 0.05) is 17.8 Å². The number of unbranched alkanes of at least 4 members (excludes halogenated alkanes) is 1. The van der Waals surface area contributed by atoms with Crippen LogP contribution in [0.5, 0.6) is 0 Å². The fourth-order valence-electron chi connectivity index (χ4n) is 8.25. The van der Waals surface area contributed by atoms with Crippen molar-refractivity contribution in [1.82, 2.24) is 0 Å². The van der Waals surface area contributed by atoms with E-state index in [0.717, 1.165) is 44.4 Å². The van der Waals surface area contributed by atoms with E-state index >= 15 is 0 Å². The van der Waals surface area contributed by atoms with Crippen molar-refractivity contribution in [3.8, 4) is 0 Å². The Bertz CT molecular complexity index is 829. The van der Waals surface area contributed by atoms with E-state index in [1.807, 2.05) is 6.08 Å². The lowest BCUT2D eigenvalue weighted by Gasteiger charge is -2.51. The third-order valence-electron chi connectivity index (χ3n) is 10.4. The van der Waals surface area contributed by atoms with Gasteiger partial charge < -0.3 is 4.74 Å². The number of esters is 1. The van der Waals surface area contributed by atoms with Crippen LogP contribution in [-0.4, -0.2) is 17.9 Å². The van der Waals surface area contributed by atoms with E-state index in [9.17, 15) is 9.59 Å². The smallest absolute Gasteiger partial charge is 0.309 e. The Kier molecular flexibility index (Phi) is 6.62. The van der Waals surface area contributed by atoms with Crippen LogP contribution in [0.25, 0.3) is 0 Å². The van der Waals surface area contributed by atoms with Gasteiger partial charge >= 0.3 is 5.97 Å². The van der Waals surface area contributed by atoms with Gasteiger partial charge in [0.05, 0.1) is 5.92 Å². The van der Waals surface area contributed by atoms with Gasteiger partial charge in [-0.05, 0) is 87.5 Å². The molecule has 0 amide bonds. The molecule has 0 bridgehead atoms. The van der Waals surface area contributed by atoms with Crippen molar-refractivity contribution >= 4 is 11.8 Å². The number of fused-ring (bicyclic) bond motifs is 5. The SMILES string of the molecule is CCCCC1CCC(C(=O)O[C@H]2CC=C3[C@@H]4CCC5=CC(=O)C(C)C[C@@H]5[C@H]4CC[C@@]32C)CC1. The van der Waals surface area contributed by atoms with Crippen molar-refractivity contribution in [3.63, 3.8) is 0 Å². The van der Waals surface area contributed by atoms with Crippen molar-refractivity contribution in [2.45, 2.75) is 110 Å². The maximum absolute atomic E-state index is 13.1. The van der Waals surface area contributed by atoms with Crippen molar-refractivity contribution in [1.29, 1.82) is 0 Å². The molecule has 0 heterocycles. The second-order valence-corrected chi connectivity index (χ2v) is 12.3. The number of carbonyl (C=O) groups excluding carboxylic acids is 2. The summed E-state index contributed by atoms with van der Waals surface area (Å²) < 4.78 is 6.31. The van der Waals surface area contributed by atoms with E-state index in [1.54, 1.807) is 5.57 Å². The third kappa shape index (κ3) is 4.27. The summed E-state index contributed by atoms with van der Waals surface area (Å²) in [6, 6.07) is 0. The summed E-state index contributed by atoms with van der Waals surface area (Å²) in [4.78, 5) is 25.4. The molecule has 5 aliphatic carbocycles. The van der Waals surface area contributed by atoms with E-state index in [2.05, 4.69) is 26.8 Å². The van der Waals surface area contributed by atoms with Gasteiger partial charge in [0.25, 0.3) is 0 Å². The molecule has 0 spiro atoms. The van der Waals surface area contributed by atoms with Gasteiger partial charge in [-0.25, -0.2) is 0 Å². The monoisotopic (exact) mass is 452 g/mol. The minimum atomic E-state index is 0.0203. The molecular weight excluding hydrogens is 408 g/mol. The van der Waals surface area contributed by atoms with E-state index in [-0.39, 0.29) is 29.3 Å². The molecule has 0 N–H and O–H groups in total. The topological polar surface area (TPSA) is 43.4 Å². The first kappa shape index (κ1) is 23.4. The highest BCUT2D eigenvalue weighted by molar-refractivity contribution is 5.93. The predicted octanol–water partition coefficient (Wildman–Crippen LogP) is 7.20. The second-order valence-electron chi connectivity index (χ2n) is 12.3. The molecule has 0 saturated heterocycles. The van der Waals surface area contributed by atoms with Gasteiger partial charge in [0.1, 0.15) is 6.10 Å². The van der Waals surface area contributed by atoms with Gasteiger partial charge in [-0.15, -0.1) is 0 Å². The maximum atomic E-state index is 13.1. The Morgan fingerprint density at radius 1 is 1.12 bits per heavy atom. The quantitative estimate of drug-likeness (QED) is 0.327. The maximum Gasteiger partial charge on any atom is 0.309 e. The first-order valence-corrected chi connectivity index (χ1v) is 14.1.